The third-order valence-corrected chi connectivity index (χ3v) is 6.81. The standard InChI is InChI=1S/C28H25F3N4O2S/c1-18-5-6-21(17-33-18)19-8-11-23(12-9-19)37-14-4-13-34-26(38)35(25(36)27(34,2)3)22-10-7-20(16-32)24(15-22)28(29,30)31/h5-12,15,17H,4,13-14H2,1-3H3. The highest BCUT2D eigenvalue weighted by Crippen LogP contribution is 2.38. The van der Waals surface area contributed by atoms with Crippen molar-refractivity contribution >= 4 is 28.9 Å². The molecule has 1 saturated heterocycles. The molecule has 1 fully saturated rings. The van der Waals surface area contributed by atoms with Gasteiger partial charge in [0.2, 0.25) is 0 Å². The first-order chi connectivity index (χ1) is 17.9. The number of rotatable bonds is 7. The maximum Gasteiger partial charge on any atom is 0.417 e. The summed E-state index contributed by atoms with van der Waals surface area (Å²) in [6.45, 7) is 6.00. The van der Waals surface area contributed by atoms with Gasteiger partial charge >= 0.3 is 6.18 Å². The Morgan fingerprint density at radius 2 is 1.76 bits per heavy atom. The maximum atomic E-state index is 13.5. The van der Waals surface area contributed by atoms with Crippen molar-refractivity contribution in [1.29, 1.82) is 5.26 Å². The van der Waals surface area contributed by atoms with Gasteiger partial charge in [0.15, 0.2) is 5.11 Å². The van der Waals surface area contributed by atoms with E-state index >= 15 is 0 Å². The molecule has 0 N–H and O–H groups in total. The summed E-state index contributed by atoms with van der Waals surface area (Å²) in [5.41, 5.74) is 0.254. The number of carbonyl (C=O) groups excluding carboxylic acids is 1. The van der Waals surface area contributed by atoms with Gasteiger partial charge in [-0.15, -0.1) is 0 Å². The number of halogens is 3. The average molecular weight is 539 g/mol. The summed E-state index contributed by atoms with van der Waals surface area (Å²) >= 11 is 5.52. The van der Waals surface area contributed by atoms with Crippen LogP contribution in [0.15, 0.2) is 60.8 Å². The van der Waals surface area contributed by atoms with Gasteiger partial charge in [0.25, 0.3) is 5.91 Å². The molecule has 196 valence electrons. The molecule has 0 atom stereocenters. The van der Waals surface area contributed by atoms with Crippen molar-refractivity contribution in [2.75, 3.05) is 18.1 Å². The Kier molecular flexibility index (Phi) is 7.42. The van der Waals surface area contributed by atoms with Gasteiger partial charge in [-0.2, -0.15) is 18.4 Å². The van der Waals surface area contributed by atoms with Crippen LogP contribution in [0.25, 0.3) is 11.1 Å². The number of hydrogen-bond donors (Lipinski definition) is 0. The zero-order valence-corrected chi connectivity index (χ0v) is 21.9. The van der Waals surface area contributed by atoms with Crippen LogP contribution in [-0.2, 0) is 11.0 Å². The molecule has 0 spiro atoms. The molecule has 4 rings (SSSR count). The summed E-state index contributed by atoms with van der Waals surface area (Å²) in [4.78, 5) is 20.3. The van der Waals surface area contributed by atoms with Gasteiger partial charge in [-0.05, 0) is 81.4 Å². The first-order valence-electron chi connectivity index (χ1n) is 11.9. The van der Waals surface area contributed by atoms with Crippen molar-refractivity contribution < 1.29 is 22.7 Å². The van der Waals surface area contributed by atoms with Gasteiger partial charge in [0.05, 0.1) is 29.5 Å². The van der Waals surface area contributed by atoms with E-state index in [2.05, 4.69) is 4.98 Å². The number of aromatic nitrogens is 1. The zero-order chi connectivity index (χ0) is 27.7. The number of aryl methyl sites for hydroxylation is 1. The normalized spacial score (nSPS) is 15.1. The third kappa shape index (κ3) is 5.34. The predicted octanol–water partition coefficient (Wildman–Crippen LogP) is 6.13. The lowest BCUT2D eigenvalue weighted by atomic mass is 10.0. The van der Waals surface area contributed by atoms with E-state index in [1.54, 1.807) is 24.8 Å². The minimum Gasteiger partial charge on any atom is -0.494 e. The van der Waals surface area contributed by atoms with E-state index in [0.29, 0.717) is 25.3 Å². The number of nitriles is 1. The van der Waals surface area contributed by atoms with Crippen molar-refractivity contribution in [2.45, 2.75) is 38.9 Å². The second-order valence-electron chi connectivity index (χ2n) is 9.39. The molecule has 10 heteroatoms. The second kappa shape index (κ2) is 10.4. The van der Waals surface area contributed by atoms with Crippen LogP contribution in [-0.4, -0.2) is 39.6 Å². The van der Waals surface area contributed by atoms with E-state index in [1.165, 1.54) is 6.07 Å². The van der Waals surface area contributed by atoms with Gasteiger partial charge in [0, 0.05) is 24.0 Å². The van der Waals surface area contributed by atoms with E-state index in [0.717, 1.165) is 33.9 Å². The van der Waals surface area contributed by atoms with Crippen molar-refractivity contribution in [3.05, 3.63) is 77.6 Å². The molecule has 6 nitrogen and oxygen atoms in total. The van der Waals surface area contributed by atoms with Crippen molar-refractivity contribution in [1.82, 2.24) is 9.88 Å². The molecule has 1 amide bonds. The summed E-state index contributed by atoms with van der Waals surface area (Å²) in [5, 5.41) is 9.17. The Hall–Kier alpha value is -3.97. The molecule has 2 aromatic carbocycles. The van der Waals surface area contributed by atoms with E-state index in [-0.39, 0.29) is 10.8 Å². The molecule has 0 radical (unpaired) electrons. The fourth-order valence-electron chi connectivity index (χ4n) is 4.24. The first-order valence-corrected chi connectivity index (χ1v) is 12.3. The minimum absolute atomic E-state index is 0.0259. The lowest BCUT2D eigenvalue weighted by molar-refractivity contribution is -0.137. The van der Waals surface area contributed by atoms with Crippen molar-refractivity contribution in [3.63, 3.8) is 0 Å². The fourth-order valence-corrected chi connectivity index (χ4v) is 4.74. The quantitative estimate of drug-likeness (QED) is 0.266. The largest absolute Gasteiger partial charge is 0.494 e. The average Bonchev–Trinajstić information content (AvgIpc) is 3.05. The highest BCUT2D eigenvalue weighted by atomic mass is 32.1. The molecule has 0 bridgehead atoms. The third-order valence-electron chi connectivity index (χ3n) is 6.40. The number of carbonyl (C=O) groups is 1. The van der Waals surface area contributed by atoms with E-state index in [1.807, 2.05) is 49.5 Å². The van der Waals surface area contributed by atoms with E-state index < -0.39 is 28.7 Å². The van der Waals surface area contributed by atoms with Gasteiger partial charge in [-0.25, -0.2) is 0 Å². The number of pyridine rings is 1. The number of ether oxygens (including phenoxy) is 1. The summed E-state index contributed by atoms with van der Waals surface area (Å²) in [6, 6.07) is 16.3. The summed E-state index contributed by atoms with van der Waals surface area (Å²) < 4.78 is 46.3. The van der Waals surface area contributed by atoms with Gasteiger partial charge in [-0.1, -0.05) is 18.2 Å². The number of anilines is 1. The summed E-state index contributed by atoms with van der Waals surface area (Å²) in [7, 11) is 0. The van der Waals surface area contributed by atoms with Crippen LogP contribution in [0.4, 0.5) is 18.9 Å². The molecule has 1 aliphatic rings. The molecule has 0 unspecified atom stereocenters. The van der Waals surface area contributed by atoms with Gasteiger partial charge in [-0.3, -0.25) is 14.7 Å². The number of alkyl halides is 3. The van der Waals surface area contributed by atoms with Gasteiger partial charge < -0.3 is 9.64 Å². The van der Waals surface area contributed by atoms with Crippen LogP contribution >= 0.6 is 12.2 Å². The molecule has 2 heterocycles. The SMILES string of the molecule is Cc1ccc(-c2ccc(OCCCN3C(=S)N(c4ccc(C#N)c(C(F)(F)F)c4)C(=O)C3(C)C)cc2)cn1. The second-order valence-corrected chi connectivity index (χ2v) is 9.75. The van der Waals surface area contributed by atoms with Crippen LogP contribution in [0, 0.1) is 18.3 Å². The van der Waals surface area contributed by atoms with Crippen molar-refractivity contribution in [2.24, 2.45) is 0 Å². The predicted molar refractivity (Wildman–Crippen MR) is 142 cm³/mol. The fraction of sp³-hybridized carbons (Fsp3) is 0.286. The highest BCUT2D eigenvalue weighted by molar-refractivity contribution is 7.80. The lowest BCUT2D eigenvalue weighted by Gasteiger charge is -2.29. The Bertz CT molecular complexity index is 1400. The summed E-state index contributed by atoms with van der Waals surface area (Å²) in [6.07, 6.45) is -2.40. The number of nitrogens with zero attached hydrogens (tertiary/aromatic N) is 4. The van der Waals surface area contributed by atoms with E-state index in [9.17, 15) is 18.0 Å². The molecule has 1 aromatic heterocycles. The number of hydrogen-bond acceptors (Lipinski definition) is 5. The Labute approximate surface area is 224 Å². The molecule has 3 aromatic rings. The molecular formula is C28H25F3N4O2S. The molecule has 1 aliphatic heterocycles. The molecule has 0 aliphatic carbocycles. The van der Waals surface area contributed by atoms with Crippen LogP contribution < -0.4 is 9.64 Å². The Balaban J connectivity index is 1.41. The van der Waals surface area contributed by atoms with Crippen LogP contribution in [0.3, 0.4) is 0 Å². The van der Waals surface area contributed by atoms with Crippen molar-refractivity contribution in [3.8, 4) is 22.9 Å². The first kappa shape index (κ1) is 27.1. The minimum atomic E-state index is -4.74. The zero-order valence-electron chi connectivity index (χ0n) is 21.0. The molecule has 38 heavy (non-hydrogen) atoms. The van der Waals surface area contributed by atoms with Gasteiger partial charge in [0.1, 0.15) is 11.3 Å². The number of benzene rings is 2. The Morgan fingerprint density at radius 3 is 2.37 bits per heavy atom. The topological polar surface area (TPSA) is 69.5 Å². The number of thiocarbonyl (C=S) groups is 1. The smallest absolute Gasteiger partial charge is 0.417 e. The maximum absolute atomic E-state index is 13.5. The van der Waals surface area contributed by atoms with Crippen LogP contribution in [0.2, 0.25) is 0 Å². The molecular weight excluding hydrogens is 513 g/mol. The van der Waals surface area contributed by atoms with Crippen LogP contribution in [0.1, 0.15) is 37.1 Å². The summed E-state index contributed by atoms with van der Waals surface area (Å²) in [5.74, 6) is 0.245. The van der Waals surface area contributed by atoms with E-state index in [4.69, 9.17) is 22.2 Å². The lowest BCUT2D eigenvalue weighted by Crippen LogP contribution is -2.44. The number of amides is 1. The van der Waals surface area contributed by atoms with Crippen LogP contribution in [0.5, 0.6) is 5.75 Å². The Morgan fingerprint density at radius 1 is 1.08 bits per heavy atom. The molecule has 0 saturated carbocycles. The monoisotopic (exact) mass is 538 g/mol. The highest BCUT2D eigenvalue weighted by Gasteiger charge is 2.49.